The predicted molar refractivity (Wildman–Crippen MR) is 117 cm³/mol. The molecule has 1 saturated carbocycles. The fourth-order valence-corrected chi connectivity index (χ4v) is 4.80. The van der Waals surface area contributed by atoms with Gasteiger partial charge in [-0.25, -0.2) is 15.0 Å². The number of morpholine rings is 1. The molecule has 0 amide bonds. The summed E-state index contributed by atoms with van der Waals surface area (Å²) >= 11 is 0. The topological polar surface area (TPSA) is 81.4 Å². The van der Waals surface area contributed by atoms with Crippen LogP contribution in [0.25, 0.3) is 22.2 Å². The van der Waals surface area contributed by atoms with Crippen molar-refractivity contribution >= 4 is 16.7 Å². The van der Waals surface area contributed by atoms with Crippen LogP contribution in [0.15, 0.2) is 35.0 Å². The van der Waals surface area contributed by atoms with E-state index in [9.17, 15) is 4.79 Å². The Kier molecular flexibility index (Phi) is 5.78. The van der Waals surface area contributed by atoms with Crippen LogP contribution in [-0.2, 0) is 16.0 Å². The quantitative estimate of drug-likeness (QED) is 0.624. The Morgan fingerprint density at radius 1 is 1.10 bits per heavy atom. The number of carbonyl (C=O) groups is 1. The maximum absolute atomic E-state index is 12.9. The van der Waals surface area contributed by atoms with E-state index in [1.54, 1.807) is 12.4 Å². The van der Waals surface area contributed by atoms with Crippen LogP contribution in [0.5, 0.6) is 0 Å². The van der Waals surface area contributed by atoms with Gasteiger partial charge in [-0.05, 0) is 31.7 Å². The van der Waals surface area contributed by atoms with Crippen molar-refractivity contribution in [2.45, 2.75) is 45.1 Å². The van der Waals surface area contributed by atoms with E-state index in [1.165, 1.54) is 0 Å². The molecule has 0 unspecified atom stereocenters. The van der Waals surface area contributed by atoms with Crippen molar-refractivity contribution < 1.29 is 13.9 Å². The summed E-state index contributed by atoms with van der Waals surface area (Å²) in [7, 11) is 0. The second kappa shape index (κ2) is 8.85. The van der Waals surface area contributed by atoms with Crippen molar-refractivity contribution in [2.24, 2.45) is 5.92 Å². The molecule has 0 bridgehead atoms. The highest BCUT2D eigenvalue weighted by Gasteiger charge is 2.30. The molecule has 2 aliphatic rings. The third-order valence-electron chi connectivity index (χ3n) is 6.58. The first-order valence-electron chi connectivity index (χ1n) is 11.2. The molecule has 1 saturated heterocycles. The van der Waals surface area contributed by atoms with Crippen molar-refractivity contribution in [1.82, 2.24) is 19.9 Å². The first-order chi connectivity index (χ1) is 15.2. The minimum absolute atomic E-state index is 0.125. The number of Topliss-reactive ketones (excluding diaryl/α,β-unsaturated/α-hetero) is 1. The van der Waals surface area contributed by atoms with Gasteiger partial charge in [0.15, 0.2) is 11.7 Å². The third kappa shape index (κ3) is 4.52. The second-order valence-electron chi connectivity index (χ2n) is 8.60. The molecule has 2 fully saturated rings. The van der Waals surface area contributed by atoms with Crippen LogP contribution in [0.1, 0.15) is 37.4 Å². The average Bonchev–Trinajstić information content (AvgIpc) is 3.25. The van der Waals surface area contributed by atoms with Crippen LogP contribution in [0, 0.1) is 12.8 Å². The van der Waals surface area contributed by atoms with Gasteiger partial charge in [-0.15, -0.1) is 0 Å². The first-order valence-corrected chi connectivity index (χ1v) is 11.2. The first kappa shape index (κ1) is 20.3. The van der Waals surface area contributed by atoms with Gasteiger partial charge in [0.05, 0.1) is 31.3 Å². The number of rotatable bonds is 5. The highest BCUT2D eigenvalue weighted by atomic mass is 16.5. The standard InChI is InChI=1S/C24H28N4O3/c1-16-25-15-23(31-16)18-2-3-19-14-26-24(27-21(19)12-18)13-22(29)17-4-6-20(7-5-17)28-8-10-30-11-9-28/h2-3,12,14-15,17,20H,4-11,13H2,1H3. The van der Waals surface area contributed by atoms with Crippen LogP contribution in [-0.4, -0.2) is 58.0 Å². The molecule has 0 atom stereocenters. The minimum Gasteiger partial charge on any atom is -0.441 e. The minimum atomic E-state index is 0.125. The van der Waals surface area contributed by atoms with Crippen LogP contribution < -0.4 is 0 Å². The molecule has 2 aromatic heterocycles. The Labute approximate surface area is 181 Å². The summed E-state index contributed by atoms with van der Waals surface area (Å²) in [6.07, 6.45) is 7.93. The lowest BCUT2D eigenvalue weighted by Gasteiger charge is -2.38. The summed E-state index contributed by atoms with van der Waals surface area (Å²) in [4.78, 5) is 28.8. The number of hydrogen-bond donors (Lipinski definition) is 0. The molecular formula is C24H28N4O3. The lowest BCUT2D eigenvalue weighted by atomic mass is 9.82. The number of nitrogens with zero attached hydrogens (tertiary/aromatic N) is 4. The maximum atomic E-state index is 12.9. The van der Waals surface area contributed by atoms with Crippen LogP contribution in [0.4, 0.5) is 0 Å². The monoisotopic (exact) mass is 420 g/mol. The molecule has 1 aromatic carbocycles. The van der Waals surface area contributed by atoms with E-state index in [1.807, 2.05) is 25.1 Å². The fourth-order valence-electron chi connectivity index (χ4n) is 4.80. The van der Waals surface area contributed by atoms with Crippen LogP contribution in [0.2, 0.25) is 0 Å². The van der Waals surface area contributed by atoms with E-state index in [2.05, 4.69) is 19.9 Å². The van der Waals surface area contributed by atoms with Gasteiger partial charge >= 0.3 is 0 Å². The van der Waals surface area contributed by atoms with Crippen LogP contribution in [0.3, 0.4) is 0 Å². The van der Waals surface area contributed by atoms with Crippen LogP contribution >= 0.6 is 0 Å². The molecule has 1 aliphatic carbocycles. The van der Waals surface area contributed by atoms with E-state index in [0.717, 1.165) is 68.5 Å². The molecule has 1 aliphatic heterocycles. The largest absolute Gasteiger partial charge is 0.441 e. The zero-order valence-corrected chi connectivity index (χ0v) is 17.9. The lowest BCUT2D eigenvalue weighted by Crippen LogP contribution is -2.45. The van der Waals surface area contributed by atoms with E-state index in [0.29, 0.717) is 29.9 Å². The second-order valence-corrected chi connectivity index (χ2v) is 8.60. The molecule has 162 valence electrons. The summed E-state index contributed by atoms with van der Waals surface area (Å²) in [5.41, 5.74) is 1.74. The van der Waals surface area contributed by atoms with E-state index in [-0.39, 0.29) is 11.7 Å². The van der Waals surface area contributed by atoms with Gasteiger partial charge in [0.25, 0.3) is 0 Å². The lowest BCUT2D eigenvalue weighted by molar-refractivity contribution is -0.123. The molecular weight excluding hydrogens is 392 g/mol. The molecule has 7 nitrogen and oxygen atoms in total. The summed E-state index contributed by atoms with van der Waals surface area (Å²) in [5.74, 6) is 2.33. The van der Waals surface area contributed by atoms with Crippen molar-refractivity contribution in [3.63, 3.8) is 0 Å². The molecule has 31 heavy (non-hydrogen) atoms. The van der Waals surface area contributed by atoms with Gasteiger partial charge in [0.1, 0.15) is 11.6 Å². The summed E-state index contributed by atoms with van der Waals surface area (Å²) in [5, 5.41) is 0.946. The number of ketones is 1. The Hall–Kier alpha value is -2.64. The molecule has 3 heterocycles. The number of oxazole rings is 1. The van der Waals surface area contributed by atoms with Gasteiger partial charge in [-0.2, -0.15) is 0 Å². The summed E-state index contributed by atoms with van der Waals surface area (Å²) in [6.45, 7) is 5.52. The zero-order chi connectivity index (χ0) is 21.2. The highest BCUT2D eigenvalue weighted by molar-refractivity contribution is 5.85. The number of hydrogen-bond acceptors (Lipinski definition) is 7. The summed E-state index contributed by atoms with van der Waals surface area (Å²) < 4.78 is 11.1. The molecule has 3 aromatic rings. The Morgan fingerprint density at radius 2 is 1.90 bits per heavy atom. The number of ether oxygens (including phenoxy) is 1. The number of benzene rings is 1. The van der Waals surface area contributed by atoms with Crippen molar-refractivity contribution in [3.8, 4) is 11.3 Å². The zero-order valence-electron chi connectivity index (χ0n) is 17.9. The maximum Gasteiger partial charge on any atom is 0.191 e. The van der Waals surface area contributed by atoms with E-state index < -0.39 is 0 Å². The number of aromatic nitrogens is 3. The van der Waals surface area contributed by atoms with E-state index in [4.69, 9.17) is 9.15 Å². The smallest absolute Gasteiger partial charge is 0.191 e. The van der Waals surface area contributed by atoms with E-state index >= 15 is 0 Å². The molecule has 5 rings (SSSR count). The molecule has 0 spiro atoms. The number of fused-ring (bicyclic) bond motifs is 1. The fraction of sp³-hybridized carbons (Fsp3) is 0.500. The summed E-state index contributed by atoms with van der Waals surface area (Å²) in [6, 6.07) is 6.52. The van der Waals surface area contributed by atoms with Gasteiger partial charge in [-0.1, -0.05) is 12.1 Å². The Bertz CT molecular complexity index is 1070. The SMILES string of the molecule is Cc1ncc(-c2ccc3cnc(CC(=O)C4CCC(N5CCOCC5)CC4)nc3c2)o1. The number of carbonyl (C=O) groups excluding carboxylic acids is 1. The normalized spacial score (nSPS) is 22.6. The number of aryl methyl sites for hydroxylation is 1. The van der Waals surface area contributed by atoms with Crippen molar-refractivity contribution in [3.05, 3.63) is 42.3 Å². The van der Waals surface area contributed by atoms with Gasteiger partial charge in [0.2, 0.25) is 0 Å². The molecule has 0 radical (unpaired) electrons. The Balaban J connectivity index is 1.24. The van der Waals surface area contributed by atoms with Gasteiger partial charge < -0.3 is 9.15 Å². The third-order valence-corrected chi connectivity index (χ3v) is 6.58. The molecule has 7 heteroatoms. The van der Waals surface area contributed by atoms with Gasteiger partial charge in [-0.3, -0.25) is 9.69 Å². The van der Waals surface area contributed by atoms with Crippen molar-refractivity contribution in [2.75, 3.05) is 26.3 Å². The van der Waals surface area contributed by atoms with Gasteiger partial charge in [0, 0.05) is 49.1 Å². The average molecular weight is 421 g/mol. The predicted octanol–water partition coefficient (Wildman–Crippen LogP) is 3.60. The Morgan fingerprint density at radius 3 is 2.65 bits per heavy atom. The van der Waals surface area contributed by atoms with Crippen molar-refractivity contribution in [1.29, 1.82) is 0 Å². The molecule has 0 N–H and O–H groups in total. The highest BCUT2D eigenvalue weighted by Crippen LogP contribution is 2.29.